The van der Waals surface area contributed by atoms with E-state index in [0.717, 1.165) is 26.9 Å². The van der Waals surface area contributed by atoms with E-state index in [9.17, 15) is 4.79 Å². The van der Waals surface area contributed by atoms with Crippen LogP contribution in [-0.4, -0.2) is 17.3 Å². The van der Waals surface area contributed by atoms with Crippen LogP contribution in [0, 0.1) is 6.92 Å². The molecule has 0 radical (unpaired) electrons. The number of aryl methyl sites for hydroxylation is 1. The minimum Gasteiger partial charge on any atom is -0.422 e. The topological polar surface area (TPSA) is 62.7 Å². The first kappa shape index (κ1) is 22.0. The Balaban J connectivity index is 1.39. The molecule has 0 saturated carbocycles. The van der Waals surface area contributed by atoms with Crippen molar-refractivity contribution in [3.63, 3.8) is 0 Å². The number of hydrogen-bond acceptors (Lipinski definition) is 5. The lowest BCUT2D eigenvalue weighted by atomic mass is 10.2. The van der Waals surface area contributed by atoms with Crippen LogP contribution in [0.3, 0.4) is 0 Å². The first-order valence-corrected chi connectivity index (χ1v) is 11.3. The number of ether oxygens (including phenoxy) is 1. The molecule has 0 unspecified atom stereocenters. The largest absolute Gasteiger partial charge is 0.422 e. The molecule has 2 N–H and O–H groups in total. The van der Waals surface area contributed by atoms with E-state index in [4.69, 9.17) is 28.6 Å². The molecule has 4 aromatic rings. The first-order valence-electron chi connectivity index (χ1n) is 9.65. The predicted octanol–water partition coefficient (Wildman–Crippen LogP) is 6.40. The lowest BCUT2D eigenvalue weighted by Gasteiger charge is -2.07. The molecule has 32 heavy (non-hydrogen) atoms. The number of hydrazone groups is 1. The highest BCUT2D eigenvalue weighted by Crippen LogP contribution is 2.35. The van der Waals surface area contributed by atoms with Gasteiger partial charge in [-0.1, -0.05) is 54.1 Å². The number of nitrogens with zero attached hydrogens (tertiary/aromatic N) is 1. The number of halogens is 1. The number of fused-ring (bicyclic) bond motifs is 1. The number of carbonyl (C=O) groups is 1. The highest BCUT2D eigenvalue weighted by atomic mass is 35.5. The standard InChI is InChI=1S/C24H18ClN3O2S2/c1-15-6-4-8-17(12-15)27-24(31)28-26-14-16-7-5-9-18(13-16)30-23(29)22-21(25)19-10-2-3-11-20(19)32-22/h2-14H,1H3,(H2,27,28,31)/b26-14+. The van der Waals surface area contributed by atoms with Gasteiger partial charge in [-0.2, -0.15) is 5.10 Å². The van der Waals surface area contributed by atoms with E-state index in [1.54, 1.807) is 24.4 Å². The number of rotatable bonds is 5. The zero-order valence-electron chi connectivity index (χ0n) is 17.0. The van der Waals surface area contributed by atoms with Crippen molar-refractivity contribution < 1.29 is 9.53 Å². The molecule has 8 heteroatoms. The van der Waals surface area contributed by atoms with Crippen molar-refractivity contribution in [3.05, 3.63) is 93.8 Å². The minimum absolute atomic E-state index is 0.369. The second-order valence-electron chi connectivity index (χ2n) is 6.90. The van der Waals surface area contributed by atoms with Crippen molar-refractivity contribution in [2.45, 2.75) is 6.92 Å². The first-order chi connectivity index (χ1) is 15.5. The summed E-state index contributed by atoms with van der Waals surface area (Å²) in [6.45, 7) is 2.01. The van der Waals surface area contributed by atoms with E-state index < -0.39 is 5.97 Å². The van der Waals surface area contributed by atoms with Crippen LogP contribution in [0.25, 0.3) is 10.1 Å². The fourth-order valence-electron chi connectivity index (χ4n) is 3.00. The van der Waals surface area contributed by atoms with Gasteiger partial charge in [-0.15, -0.1) is 11.3 Å². The normalized spacial score (nSPS) is 10.9. The molecule has 0 amide bonds. The van der Waals surface area contributed by atoms with Gasteiger partial charge in [0.05, 0.1) is 11.2 Å². The Hall–Kier alpha value is -3.26. The summed E-state index contributed by atoms with van der Waals surface area (Å²) in [7, 11) is 0. The van der Waals surface area contributed by atoms with E-state index >= 15 is 0 Å². The van der Waals surface area contributed by atoms with E-state index in [2.05, 4.69) is 15.8 Å². The summed E-state index contributed by atoms with van der Waals surface area (Å²) >= 11 is 12.9. The summed E-state index contributed by atoms with van der Waals surface area (Å²) in [5.74, 6) is -0.0973. The number of nitrogens with one attached hydrogen (secondary N) is 2. The molecule has 4 rings (SSSR count). The van der Waals surface area contributed by atoms with Gasteiger partial charge >= 0.3 is 5.97 Å². The summed E-state index contributed by atoms with van der Waals surface area (Å²) in [6.07, 6.45) is 1.59. The van der Waals surface area contributed by atoms with Crippen molar-refractivity contribution in [1.82, 2.24) is 5.43 Å². The Labute approximate surface area is 199 Å². The van der Waals surface area contributed by atoms with Crippen molar-refractivity contribution in [2.24, 2.45) is 5.10 Å². The number of anilines is 1. The zero-order chi connectivity index (χ0) is 22.5. The number of thiophene rings is 1. The van der Waals surface area contributed by atoms with Crippen LogP contribution in [0.15, 0.2) is 77.9 Å². The van der Waals surface area contributed by atoms with Crippen LogP contribution in [0.1, 0.15) is 20.8 Å². The molecule has 3 aromatic carbocycles. The van der Waals surface area contributed by atoms with Gasteiger partial charge in [0, 0.05) is 15.8 Å². The van der Waals surface area contributed by atoms with Crippen LogP contribution in [0.4, 0.5) is 5.69 Å². The SMILES string of the molecule is Cc1cccc(NC(=S)N/N=C/c2cccc(OC(=O)c3sc4ccccc4c3Cl)c2)c1. The summed E-state index contributed by atoms with van der Waals surface area (Å²) in [5.41, 5.74) is 5.52. The molecule has 0 aliphatic rings. The molecule has 0 spiro atoms. The molecule has 0 bridgehead atoms. The van der Waals surface area contributed by atoms with E-state index in [1.807, 2.05) is 61.5 Å². The third-order valence-corrected chi connectivity index (χ3v) is 6.29. The van der Waals surface area contributed by atoms with Crippen LogP contribution >= 0.6 is 35.2 Å². The van der Waals surface area contributed by atoms with Crippen molar-refractivity contribution >= 4 is 68.2 Å². The number of benzene rings is 3. The lowest BCUT2D eigenvalue weighted by molar-refractivity contribution is 0.0740. The van der Waals surface area contributed by atoms with Gasteiger partial charge in [-0.05, 0) is 60.6 Å². The van der Waals surface area contributed by atoms with Gasteiger partial charge in [0.25, 0.3) is 0 Å². The van der Waals surface area contributed by atoms with Crippen LogP contribution in [0.2, 0.25) is 5.02 Å². The second kappa shape index (κ2) is 9.91. The molecule has 160 valence electrons. The van der Waals surface area contributed by atoms with E-state index in [1.165, 1.54) is 11.3 Å². The third kappa shape index (κ3) is 5.31. The highest BCUT2D eigenvalue weighted by molar-refractivity contribution is 7.80. The minimum atomic E-state index is -0.494. The second-order valence-corrected chi connectivity index (χ2v) is 8.74. The predicted molar refractivity (Wildman–Crippen MR) is 136 cm³/mol. The summed E-state index contributed by atoms with van der Waals surface area (Å²) in [4.78, 5) is 13.0. The molecule has 0 aliphatic heterocycles. The molecular formula is C24H18ClN3O2S2. The Morgan fingerprint density at radius 1 is 1.09 bits per heavy atom. The van der Waals surface area contributed by atoms with Gasteiger partial charge in [-0.3, -0.25) is 5.43 Å². The Morgan fingerprint density at radius 3 is 2.72 bits per heavy atom. The molecular weight excluding hydrogens is 462 g/mol. The molecule has 0 saturated heterocycles. The van der Waals surface area contributed by atoms with Crippen molar-refractivity contribution in [3.8, 4) is 5.75 Å². The fourth-order valence-corrected chi connectivity index (χ4v) is 4.56. The maximum absolute atomic E-state index is 12.6. The Bertz CT molecular complexity index is 1330. The van der Waals surface area contributed by atoms with Gasteiger partial charge in [0.15, 0.2) is 5.11 Å². The molecule has 0 atom stereocenters. The quantitative estimate of drug-likeness (QED) is 0.114. The zero-order valence-corrected chi connectivity index (χ0v) is 19.4. The maximum Gasteiger partial charge on any atom is 0.355 e. The van der Waals surface area contributed by atoms with Crippen molar-refractivity contribution in [1.29, 1.82) is 0 Å². The van der Waals surface area contributed by atoms with Crippen LogP contribution in [0.5, 0.6) is 5.75 Å². The number of esters is 1. The maximum atomic E-state index is 12.6. The average molecular weight is 480 g/mol. The molecule has 5 nitrogen and oxygen atoms in total. The Kier molecular flexibility index (Phi) is 6.80. The monoisotopic (exact) mass is 479 g/mol. The van der Waals surface area contributed by atoms with E-state index in [-0.39, 0.29) is 0 Å². The van der Waals surface area contributed by atoms with Gasteiger partial charge in [0.2, 0.25) is 0 Å². The van der Waals surface area contributed by atoms with E-state index in [0.29, 0.717) is 20.8 Å². The summed E-state index contributed by atoms with van der Waals surface area (Å²) in [5, 5.41) is 8.83. The number of thiocarbonyl (C=S) groups is 1. The van der Waals surface area contributed by atoms with Crippen LogP contribution < -0.4 is 15.5 Å². The number of hydrogen-bond donors (Lipinski definition) is 2. The highest BCUT2D eigenvalue weighted by Gasteiger charge is 2.19. The van der Waals surface area contributed by atoms with Gasteiger partial charge in [0.1, 0.15) is 10.6 Å². The summed E-state index contributed by atoms with van der Waals surface area (Å²) < 4.78 is 6.47. The average Bonchev–Trinajstić information content (AvgIpc) is 3.11. The van der Waals surface area contributed by atoms with Crippen molar-refractivity contribution in [2.75, 3.05) is 5.32 Å². The molecule has 1 aromatic heterocycles. The Morgan fingerprint density at radius 2 is 1.91 bits per heavy atom. The van der Waals surface area contributed by atoms with Gasteiger partial charge in [-0.25, -0.2) is 4.79 Å². The molecule has 1 heterocycles. The summed E-state index contributed by atoms with van der Waals surface area (Å²) in [6, 6.07) is 22.5. The smallest absolute Gasteiger partial charge is 0.355 e. The van der Waals surface area contributed by atoms with Gasteiger partial charge < -0.3 is 10.1 Å². The molecule has 0 fully saturated rings. The lowest BCUT2D eigenvalue weighted by Crippen LogP contribution is -2.23. The third-order valence-electron chi connectivity index (χ3n) is 4.44. The fraction of sp³-hybridized carbons (Fsp3) is 0.0417. The van der Waals surface area contributed by atoms with Crippen LogP contribution in [-0.2, 0) is 0 Å². The molecule has 0 aliphatic carbocycles. The number of carbonyl (C=O) groups excluding carboxylic acids is 1.